The maximum absolute atomic E-state index is 11.5. The highest BCUT2D eigenvalue weighted by molar-refractivity contribution is 5.80. The molecule has 0 aromatic heterocycles. The van der Waals surface area contributed by atoms with E-state index in [0.29, 0.717) is 5.92 Å². The van der Waals surface area contributed by atoms with Gasteiger partial charge in [0.05, 0.1) is 0 Å². The molecule has 3 aliphatic rings. The number of piperidine rings is 1. The van der Waals surface area contributed by atoms with Gasteiger partial charge < -0.3 is 20.0 Å². The fourth-order valence-corrected chi connectivity index (χ4v) is 4.58. The van der Waals surface area contributed by atoms with Crippen molar-refractivity contribution in [2.75, 3.05) is 58.9 Å². The standard InChI is InChI=1S/C20H37N5O/c1-3-21-20(22-14-18-6-11-24(12-7-18)17(2)26)25-13-8-19(16-25)15-23-9-4-5-10-23/h18-19H,3-16H2,1-2H3,(H,21,22). The summed E-state index contributed by atoms with van der Waals surface area (Å²) in [6.45, 7) is 13.6. The largest absolute Gasteiger partial charge is 0.357 e. The summed E-state index contributed by atoms with van der Waals surface area (Å²) in [4.78, 5) is 23.5. The Bertz CT molecular complexity index is 481. The molecule has 0 bridgehead atoms. The van der Waals surface area contributed by atoms with Crippen LogP contribution in [-0.2, 0) is 4.79 Å². The molecule has 1 unspecified atom stereocenters. The number of nitrogens with one attached hydrogen (secondary N) is 1. The van der Waals surface area contributed by atoms with Crippen molar-refractivity contribution in [3.63, 3.8) is 0 Å². The molecule has 3 saturated heterocycles. The highest BCUT2D eigenvalue weighted by Crippen LogP contribution is 2.21. The van der Waals surface area contributed by atoms with Crippen LogP contribution in [0.1, 0.15) is 46.0 Å². The first-order valence-corrected chi connectivity index (χ1v) is 10.7. The second-order valence-corrected chi connectivity index (χ2v) is 8.25. The molecule has 0 spiro atoms. The first-order chi connectivity index (χ1) is 12.7. The predicted molar refractivity (Wildman–Crippen MR) is 106 cm³/mol. The molecule has 3 heterocycles. The van der Waals surface area contributed by atoms with Gasteiger partial charge in [0.2, 0.25) is 5.91 Å². The van der Waals surface area contributed by atoms with Crippen LogP contribution in [0.3, 0.4) is 0 Å². The van der Waals surface area contributed by atoms with E-state index >= 15 is 0 Å². The summed E-state index contributed by atoms with van der Waals surface area (Å²) >= 11 is 0. The quantitative estimate of drug-likeness (QED) is 0.596. The van der Waals surface area contributed by atoms with Crippen molar-refractivity contribution in [2.24, 2.45) is 16.8 Å². The fraction of sp³-hybridized carbons (Fsp3) is 0.900. The lowest BCUT2D eigenvalue weighted by Gasteiger charge is -2.31. The van der Waals surface area contributed by atoms with Crippen LogP contribution in [-0.4, -0.2) is 85.5 Å². The zero-order valence-electron chi connectivity index (χ0n) is 16.8. The first kappa shape index (κ1) is 19.5. The first-order valence-electron chi connectivity index (χ1n) is 10.7. The molecular weight excluding hydrogens is 326 g/mol. The molecule has 6 heteroatoms. The Kier molecular flexibility index (Phi) is 7.17. The third-order valence-electron chi connectivity index (χ3n) is 6.19. The normalized spacial score (nSPS) is 25.9. The molecule has 3 rings (SSSR count). The van der Waals surface area contributed by atoms with Gasteiger partial charge in [-0.1, -0.05) is 0 Å². The fourth-order valence-electron chi connectivity index (χ4n) is 4.58. The van der Waals surface area contributed by atoms with Crippen molar-refractivity contribution in [2.45, 2.75) is 46.0 Å². The molecule has 6 nitrogen and oxygen atoms in total. The average Bonchev–Trinajstić information content (AvgIpc) is 3.31. The number of hydrogen-bond donors (Lipinski definition) is 1. The van der Waals surface area contributed by atoms with Gasteiger partial charge in [0.25, 0.3) is 0 Å². The molecule has 0 aromatic rings. The molecule has 0 aromatic carbocycles. The average molecular weight is 364 g/mol. The van der Waals surface area contributed by atoms with Crippen LogP contribution in [0.5, 0.6) is 0 Å². The van der Waals surface area contributed by atoms with E-state index in [-0.39, 0.29) is 5.91 Å². The minimum atomic E-state index is 0.210. The minimum absolute atomic E-state index is 0.210. The number of hydrogen-bond acceptors (Lipinski definition) is 3. The van der Waals surface area contributed by atoms with Crippen LogP contribution in [0.2, 0.25) is 0 Å². The number of rotatable bonds is 5. The van der Waals surface area contributed by atoms with Gasteiger partial charge >= 0.3 is 0 Å². The maximum atomic E-state index is 11.5. The van der Waals surface area contributed by atoms with E-state index in [4.69, 9.17) is 4.99 Å². The molecule has 1 atom stereocenters. The summed E-state index contributed by atoms with van der Waals surface area (Å²) < 4.78 is 0. The van der Waals surface area contributed by atoms with E-state index in [1.807, 2.05) is 4.90 Å². The summed E-state index contributed by atoms with van der Waals surface area (Å²) in [5, 5.41) is 3.50. The summed E-state index contributed by atoms with van der Waals surface area (Å²) in [6, 6.07) is 0. The molecule has 1 N–H and O–H groups in total. The van der Waals surface area contributed by atoms with Crippen LogP contribution >= 0.6 is 0 Å². The zero-order chi connectivity index (χ0) is 18.4. The van der Waals surface area contributed by atoms with Crippen molar-refractivity contribution in [1.82, 2.24) is 20.0 Å². The number of likely N-dealkylation sites (tertiary alicyclic amines) is 3. The lowest BCUT2D eigenvalue weighted by Crippen LogP contribution is -2.41. The smallest absolute Gasteiger partial charge is 0.219 e. The van der Waals surface area contributed by atoms with E-state index in [1.54, 1.807) is 6.92 Å². The van der Waals surface area contributed by atoms with Gasteiger partial charge in [0, 0.05) is 52.7 Å². The van der Waals surface area contributed by atoms with Gasteiger partial charge in [-0.2, -0.15) is 0 Å². The molecule has 0 aliphatic carbocycles. The lowest BCUT2D eigenvalue weighted by molar-refractivity contribution is -0.130. The van der Waals surface area contributed by atoms with Gasteiger partial charge in [0.1, 0.15) is 0 Å². The number of guanidine groups is 1. The van der Waals surface area contributed by atoms with Crippen molar-refractivity contribution >= 4 is 11.9 Å². The van der Waals surface area contributed by atoms with Gasteiger partial charge in [-0.3, -0.25) is 9.79 Å². The van der Waals surface area contributed by atoms with Gasteiger partial charge in [-0.15, -0.1) is 0 Å². The third-order valence-corrected chi connectivity index (χ3v) is 6.19. The molecule has 0 radical (unpaired) electrons. The zero-order valence-corrected chi connectivity index (χ0v) is 16.8. The highest BCUT2D eigenvalue weighted by atomic mass is 16.2. The van der Waals surface area contributed by atoms with Gasteiger partial charge in [-0.25, -0.2) is 0 Å². The van der Waals surface area contributed by atoms with Crippen LogP contribution in [0.4, 0.5) is 0 Å². The Morgan fingerprint density at radius 2 is 1.65 bits per heavy atom. The summed E-state index contributed by atoms with van der Waals surface area (Å²) in [5.41, 5.74) is 0. The Morgan fingerprint density at radius 1 is 1.00 bits per heavy atom. The maximum Gasteiger partial charge on any atom is 0.219 e. The van der Waals surface area contributed by atoms with Crippen molar-refractivity contribution < 1.29 is 4.79 Å². The molecule has 26 heavy (non-hydrogen) atoms. The summed E-state index contributed by atoms with van der Waals surface area (Å²) in [6.07, 6.45) is 6.21. The number of aliphatic imine (C=N–C) groups is 1. The van der Waals surface area contributed by atoms with Crippen LogP contribution in [0.25, 0.3) is 0 Å². The number of amides is 1. The Hall–Kier alpha value is -1.30. The molecule has 0 saturated carbocycles. The molecule has 148 valence electrons. The SMILES string of the molecule is CCNC(=NCC1CCN(C(C)=O)CC1)N1CCC(CN2CCCC2)C1. The van der Waals surface area contributed by atoms with Crippen molar-refractivity contribution in [3.8, 4) is 0 Å². The Morgan fingerprint density at radius 3 is 2.31 bits per heavy atom. The van der Waals surface area contributed by atoms with E-state index in [0.717, 1.165) is 64.0 Å². The van der Waals surface area contributed by atoms with Gasteiger partial charge in [0.15, 0.2) is 5.96 Å². The lowest BCUT2D eigenvalue weighted by atomic mass is 9.97. The molecule has 1 amide bonds. The monoisotopic (exact) mass is 363 g/mol. The van der Waals surface area contributed by atoms with Crippen molar-refractivity contribution in [3.05, 3.63) is 0 Å². The van der Waals surface area contributed by atoms with E-state index < -0.39 is 0 Å². The van der Waals surface area contributed by atoms with Crippen LogP contribution in [0, 0.1) is 11.8 Å². The van der Waals surface area contributed by atoms with Crippen molar-refractivity contribution in [1.29, 1.82) is 0 Å². The van der Waals surface area contributed by atoms with E-state index in [1.165, 1.54) is 38.9 Å². The van der Waals surface area contributed by atoms with Gasteiger partial charge in [-0.05, 0) is 64.0 Å². The van der Waals surface area contributed by atoms with Crippen LogP contribution in [0.15, 0.2) is 4.99 Å². The Labute approximate surface area is 159 Å². The second-order valence-electron chi connectivity index (χ2n) is 8.25. The van der Waals surface area contributed by atoms with E-state index in [9.17, 15) is 4.79 Å². The number of carbonyl (C=O) groups excluding carboxylic acids is 1. The van der Waals surface area contributed by atoms with Crippen LogP contribution < -0.4 is 5.32 Å². The minimum Gasteiger partial charge on any atom is -0.357 e. The highest BCUT2D eigenvalue weighted by Gasteiger charge is 2.28. The summed E-state index contributed by atoms with van der Waals surface area (Å²) in [7, 11) is 0. The topological polar surface area (TPSA) is 51.2 Å². The molecule has 3 aliphatic heterocycles. The Balaban J connectivity index is 1.47. The summed E-state index contributed by atoms with van der Waals surface area (Å²) in [5.74, 6) is 2.71. The molecule has 3 fully saturated rings. The third kappa shape index (κ3) is 5.35. The predicted octanol–water partition coefficient (Wildman–Crippen LogP) is 1.63. The number of carbonyl (C=O) groups is 1. The molecular formula is C20H37N5O. The number of nitrogens with zero attached hydrogens (tertiary/aromatic N) is 4. The second kappa shape index (κ2) is 9.58. The van der Waals surface area contributed by atoms with E-state index in [2.05, 4.69) is 22.0 Å².